The maximum absolute atomic E-state index is 12.9. The summed E-state index contributed by atoms with van der Waals surface area (Å²) in [5.41, 5.74) is 0. The molecule has 0 aromatic heterocycles. The molecule has 406 valence electrons. The Bertz CT molecular complexity index is 1240. The lowest BCUT2D eigenvalue weighted by Crippen LogP contribution is -2.30. The fourth-order valence-electron chi connectivity index (χ4n) is 8.71. The predicted octanol–water partition coefficient (Wildman–Crippen LogP) is 21.0. The van der Waals surface area contributed by atoms with E-state index in [0.29, 0.717) is 19.4 Å². The lowest BCUT2D eigenvalue weighted by molar-refractivity contribution is -0.163. The number of allylic oxidation sites excluding steroid dienone is 12. The van der Waals surface area contributed by atoms with Gasteiger partial charge in [0.2, 0.25) is 0 Å². The Balaban J connectivity index is 4.30. The molecule has 0 aromatic carbocycles. The fourth-order valence-corrected chi connectivity index (χ4v) is 8.71. The molecule has 0 aliphatic carbocycles. The van der Waals surface area contributed by atoms with Gasteiger partial charge in [0.25, 0.3) is 0 Å². The molecule has 5 nitrogen and oxygen atoms in total. The number of hydrogen-bond acceptors (Lipinski definition) is 5. The highest BCUT2D eigenvalue weighted by Crippen LogP contribution is 2.16. The van der Waals surface area contributed by atoms with Crippen molar-refractivity contribution in [2.75, 3.05) is 19.8 Å². The van der Waals surface area contributed by atoms with Gasteiger partial charge in [-0.3, -0.25) is 9.59 Å². The number of unbranched alkanes of at least 4 members (excludes halogenated alkanes) is 33. The van der Waals surface area contributed by atoms with Crippen molar-refractivity contribution in [3.05, 3.63) is 72.9 Å². The van der Waals surface area contributed by atoms with Gasteiger partial charge in [-0.2, -0.15) is 0 Å². The van der Waals surface area contributed by atoms with Crippen molar-refractivity contribution >= 4 is 11.9 Å². The molecule has 0 spiro atoms. The summed E-state index contributed by atoms with van der Waals surface area (Å²) >= 11 is 0. The lowest BCUT2D eigenvalue weighted by atomic mass is 10.0. The topological polar surface area (TPSA) is 61.8 Å². The molecule has 0 aliphatic heterocycles. The summed E-state index contributed by atoms with van der Waals surface area (Å²) in [5.74, 6) is -0.422. The largest absolute Gasteiger partial charge is 0.462 e. The van der Waals surface area contributed by atoms with Gasteiger partial charge in [-0.25, -0.2) is 0 Å². The van der Waals surface area contributed by atoms with Crippen LogP contribution in [0.1, 0.15) is 303 Å². The molecular formula is C65H116O5. The summed E-state index contributed by atoms with van der Waals surface area (Å²) in [6, 6.07) is 0. The van der Waals surface area contributed by atoms with Crippen molar-refractivity contribution in [2.45, 2.75) is 309 Å². The molecule has 1 unspecified atom stereocenters. The molecule has 0 N–H and O–H groups in total. The van der Waals surface area contributed by atoms with Crippen LogP contribution in [0.15, 0.2) is 72.9 Å². The van der Waals surface area contributed by atoms with E-state index in [9.17, 15) is 9.59 Å². The van der Waals surface area contributed by atoms with Crippen molar-refractivity contribution in [1.82, 2.24) is 0 Å². The predicted molar refractivity (Wildman–Crippen MR) is 307 cm³/mol. The molecule has 1 atom stereocenters. The van der Waals surface area contributed by atoms with Crippen LogP contribution in [-0.4, -0.2) is 37.9 Å². The van der Waals surface area contributed by atoms with Crippen LogP contribution >= 0.6 is 0 Å². The van der Waals surface area contributed by atoms with Gasteiger partial charge in [-0.15, -0.1) is 0 Å². The number of esters is 2. The molecule has 0 rings (SSSR count). The van der Waals surface area contributed by atoms with Crippen LogP contribution < -0.4 is 0 Å². The van der Waals surface area contributed by atoms with E-state index in [4.69, 9.17) is 14.2 Å². The fraction of sp³-hybridized carbons (Fsp3) is 0.785. The van der Waals surface area contributed by atoms with Crippen LogP contribution in [0.3, 0.4) is 0 Å². The third-order valence-corrected chi connectivity index (χ3v) is 13.2. The molecule has 0 fully saturated rings. The second-order valence-corrected chi connectivity index (χ2v) is 20.2. The Morgan fingerprint density at radius 1 is 0.329 bits per heavy atom. The zero-order valence-corrected chi connectivity index (χ0v) is 46.8. The molecular weight excluding hydrogens is 861 g/mol. The zero-order chi connectivity index (χ0) is 50.6. The van der Waals surface area contributed by atoms with Gasteiger partial charge < -0.3 is 14.2 Å². The minimum absolute atomic E-state index is 0.0700. The lowest BCUT2D eigenvalue weighted by Gasteiger charge is -2.18. The first-order chi connectivity index (χ1) is 34.6. The van der Waals surface area contributed by atoms with Gasteiger partial charge in [0, 0.05) is 19.4 Å². The molecule has 0 amide bonds. The van der Waals surface area contributed by atoms with Crippen LogP contribution in [0.25, 0.3) is 0 Å². The van der Waals surface area contributed by atoms with Gasteiger partial charge >= 0.3 is 11.9 Å². The molecule has 0 heterocycles. The average Bonchev–Trinajstić information content (AvgIpc) is 3.36. The van der Waals surface area contributed by atoms with Crippen LogP contribution in [0.4, 0.5) is 0 Å². The maximum Gasteiger partial charge on any atom is 0.306 e. The van der Waals surface area contributed by atoms with E-state index >= 15 is 0 Å². The molecule has 0 aromatic rings. The first-order valence-corrected chi connectivity index (χ1v) is 30.5. The van der Waals surface area contributed by atoms with Gasteiger partial charge in [0.05, 0.1) is 6.61 Å². The van der Waals surface area contributed by atoms with Crippen molar-refractivity contribution < 1.29 is 23.8 Å². The quantitative estimate of drug-likeness (QED) is 0.0345. The van der Waals surface area contributed by atoms with Crippen molar-refractivity contribution in [3.63, 3.8) is 0 Å². The number of rotatable bonds is 56. The second-order valence-electron chi connectivity index (χ2n) is 20.2. The zero-order valence-electron chi connectivity index (χ0n) is 46.8. The Morgan fingerprint density at radius 2 is 0.643 bits per heavy atom. The normalized spacial score (nSPS) is 12.7. The summed E-state index contributed by atoms with van der Waals surface area (Å²) in [4.78, 5) is 25.6. The Labute approximate surface area is 436 Å². The highest BCUT2D eigenvalue weighted by atomic mass is 16.6. The van der Waals surface area contributed by atoms with Gasteiger partial charge in [0.1, 0.15) is 6.61 Å². The average molecular weight is 978 g/mol. The summed E-state index contributed by atoms with van der Waals surface area (Å²) in [6.45, 7) is 7.70. The number of ether oxygens (including phenoxy) is 3. The Morgan fingerprint density at radius 3 is 1.06 bits per heavy atom. The molecule has 0 saturated heterocycles. The van der Waals surface area contributed by atoms with E-state index in [0.717, 1.165) is 96.3 Å². The summed E-state index contributed by atoms with van der Waals surface area (Å²) in [5, 5.41) is 0. The van der Waals surface area contributed by atoms with E-state index in [1.807, 2.05) is 0 Å². The smallest absolute Gasteiger partial charge is 0.306 e. The maximum atomic E-state index is 12.9. The minimum Gasteiger partial charge on any atom is -0.462 e. The number of carbonyl (C=O) groups is 2. The van der Waals surface area contributed by atoms with E-state index in [1.54, 1.807) is 0 Å². The highest BCUT2D eigenvalue weighted by molar-refractivity contribution is 5.70. The Hall–Kier alpha value is -2.66. The molecule has 0 aliphatic rings. The van der Waals surface area contributed by atoms with Crippen LogP contribution in [0, 0.1) is 0 Å². The summed E-state index contributed by atoms with van der Waals surface area (Å²) in [6.07, 6.45) is 79.3. The third kappa shape index (κ3) is 57.9. The van der Waals surface area contributed by atoms with Gasteiger partial charge in [-0.1, -0.05) is 273 Å². The van der Waals surface area contributed by atoms with Crippen LogP contribution in [0.2, 0.25) is 0 Å². The first kappa shape index (κ1) is 67.3. The van der Waals surface area contributed by atoms with Gasteiger partial charge in [0.15, 0.2) is 6.10 Å². The molecule has 5 heteroatoms. The number of hydrogen-bond donors (Lipinski definition) is 0. The highest BCUT2D eigenvalue weighted by Gasteiger charge is 2.17. The summed E-state index contributed by atoms with van der Waals surface area (Å²) < 4.78 is 17.5. The van der Waals surface area contributed by atoms with E-state index in [1.165, 1.54) is 173 Å². The van der Waals surface area contributed by atoms with E-state index in [2.05, 4.69) is 93.7 Å². The molecule has 0 saturated carbocycles. The Kier molecular flexibility index (Phi) is 58.3. The minimum atomic E-state index is -0.552. The molecule has 0 bridgehead atoms. The number of carbonyl (C=O) groups excluding carboxylic acids is 2. The van der Waals surface area contributed by atoms with Crippen LogP contribution in [-0.2, 0) is 23.8 Å². The third-order valence-electron chi connectivity index (χ3n) is 13.2. The van der Waals surface area contributed by atoms with E-state index in [-0.39, 0.29) is 25.2 Å². The summed E-state index contributed by atoms with van der Waals surface area (Å²) in [7, 11) is 0. The van der Waals surface area contributed by atoms with Crippen molar-refractivity contribution in [1.29, 1.82) is 0 Å². The van der Waals surface area contributed by atoms with Crippen LogP contribution in [0.5, 0.6) is 0 Å². The molecule has 0 radical (unpaired) electrons. The van der Waals surface area contributed by atoms with Crippen molar-refractivity contribution in [2.24, 2.45) is 0 Å². The second kappa shape index (κ2) is 60.6. The SMILES string of the molecule is CC/C=C\C/C=C\C/C=C\C/C=C\CCCCCCC(=O)OCC(COCCCCCCCCCCCCCCCCCCCCCC)OC(=O)CCCCCCCCC/C=C\C/C=C\CCCCC. The van der Waals surface area contributed by atoms with Gasteiger partial charge in [-0.05, 0) is 89.9 Å². The first-order valence-electron chi connectivity index (χ1n) is 30.5. The molecule has 70 heavy (non-hydrogen) atoms. The monoisotopic (exact) mass is 977 g/mol. The van der Waals surface area contributed by atoms with E-state index < -0.39 is 6.10 Å². The van der Waals surface area contributed by atoms with Crippen molar-refractivity contribution in [3.8, 4) is 0 Å². The standard InChI is InChI=1S/C65H116O5/c1-4-7-10-13-16-19-22-25-28-31-32-33-36-39-42-45-48-51-54-57-60-68-61-63(70-65(67)59-56-53-50-47-44-41-38-35-30-27-24-21-18-15-12-9-6-3)62-69-64(66)58-55-52-49-46-43-40-37-34-29-26-23-20-17-14-11-8-5-2/h8,11,17-18,20-21,26-27,29-30,37,40,63H,4-7,9-10,12-16,19,22-25,28,31-36,38-39,41-62H2,1-3H3/b11-8-,20-17-,21-18-,29-26-,30-27-,40-37-.